The molecule has 0 atom stereocenters. The van der Waals surface area contributed by atoms with Gasteiger partial charge in [-0.15, -0.1) is 0 Å². The molecule has 33 heavy (non-hydrogen) atoms. The van der Waals surface area contributed by atoms with Gasteiger partial charge in [0.05, 0.1) is 19.8 Å². The molecule has 0 spiro atoms. The summed E-state index contributed by atoms with van der Waals surface area (Å²) in [5.41, 5.74) is -0.652. The van der Waals surface area contributed by atoms with Gasteiger partial charge in [-0.1, -0.05) is 29.8 Å². The van der Waals surface area contributed by atoms with Crippen LogP contribution in [0.4, 0.5) is 13.2 Å². The molecule has 0 radical (unpaired) electrons. The van der Waals surface area contributed by atoms with Crippen LogP contribution in [0.15, 0.2) is 47.3 Å². The Bertz CT molecular complexity index is 1230. The van der Waals surface area contributed by atoms with E-state index in [0.29, 0.717) is 23.8 Å². The van der Waals surface area contributed by atoms with Gasteiger partial charge in [-0.05, 0) is 36.2 Å². The molecule has 0 aliphatic carbocycles. The second kappa shape index (κ2) is 9.07. The Morgan fingerprint density at radius 3 is 2.39 bits per heavy atom. The molecule has 6 nitrogen and oxygen atoms in total. The first-order chi connectivity index (χ1) is 15.7. The Hall–Kier alpha value is -3.04. The van der Waals surface area contributed by atoms with Crippen molar-refractivity contribution in [3.63, 3.8) is 0 Å². The summed E-state index contributed by atoms with van der Waals surface area (Å²) in [6, 6.07) is 10.6. The van der Waals surface area contributed by atoms with Crippen LogP contribution in [-0.2, 0) is 17.5 Å². The number of alkyl halides is 3. The average Bonchev–Trinajstić information content (AvgIpc) is 3.06. The summed E-state index contributed by atoms with van der Waals surface area (Å²) >= 11 is 5.99. The van der Waals surface area contributed by atoms with E-state index in [1.54, 1.807) is 24.3 Å². The molecule has 174 valence electrons. The van der Waals surface area contributed by atoms with Crippen molar-refractivity contribution in [1.29, 1.82) is 0 Å². The predicted octanol–water partition coefficient (Wildman–Crippen LogP) is 4.34. The van der Waals surface area contributed by atoms with Gasteiger partial charge in [0.2, 0.25) is 5.56 Å². The van der Waals surface area contributed by atoms with E-state index in [4.69, 9.17) is 16.3 Å². The van der Waals surface area contributed by atoms with Gasteiger partial charge in [0.1, 0.15) is 11.4 Å². The molecule has 0 unspecified atom stereocenters. The minimum Gasteiger partial charge on any atom is -0.378 e. The SMILES string of the molecule is Cc1c(-c2ccc(Cl)cc2)c(C(=O)N2CCOCC2)n(Cc2cccc(=O)[nH]2)c1C(F)(F)F. The van der Waals surface area contributed by atoms with E-state index in [1.165, 1.54) is 30.0 Å². The first kappa shape index (κ1) is 23.1. The zero-order valence-corrected chi connectivity index (χ0v) is 18.5. The van der Waals surface area contributed by atoms with Crippen molar-refractivity contribution in [3.05, 3.63) is 80.5 Å². The summed E-state index contributed by atoms with van der Waals surface area (Å²) in [7, 11) is 0. The number of nitrogens with zero attached hydrogens (tertiary/aromatic N) is 2. The van der Waals surface area contributed by atoms with Crippen LogP contribution in [0.25, 0.3) is 11.1 Å². The number of ether oxygens (including phenoxy) is 1. The van der Waals surface area contributed by atoms with Crippen molar-refractivity contribution in [1.82, 2.24) is 14.5 Å². The Balaban J connectivity index is 1.98. The number of aromatic amines is 1. The highest BCUT2D eigenvalue weighted by Gasteiger charge is 2.42. The summed E-state index contributed by atoms with van der Waals surface area (Å²) in [4.78, 5) is 29.4. The lowest BCUT2D eigenvalue weighted by Gasteiger charge is -2.28. The van der Waals surface area contributed by atoms with Gasteiger partial charge in [-0.25, -0.2) is 0 Å². The van der Waals surface area contributed by atoms with E-state index >= 15 is 0 Å². The third kappa shape index (κ3) is 4.69. The number of hydrogen-bond acceptors (Lipinski definition) is 3. The lowest BCUT2D eigenvalue weighted by molar-refractivity contribution is -0.143. The monoisotopic (exact) mass is 479 g/mol. The van der Waals surface area contributed by atoms with E-state index in [2.05, 4.69) is 4.98 Å². The number of nitrogens with one attached hydrogen (secondary N) is 1. The van der Waals surface area contributed by atoms with E-state index < -0.39 is 23.3 Å². The van der Waals surface area contributed by atoms with Crippen molar-refractivity contribution < 1.29 is 22.7 Å². The summed E-state index contributed by atoms with van der Waals surface area (Å²) < 4.78 is 49.2. The van der Waals surface area contributed by atoms with Gasteiger partial charge in [0, 0.05) is 35.4 Å². The number of aromatic nitrogens is 2. The molecule has 1 amide bonds. The van der Waals surface area contributed by atoms with Crippen LogP contribution in [0, 0.1) is 6.92 Å². The fourth-order valence-corrected chi connectivity index (χ4v) is 4.26. The Kier molecular flexibility index (Phi) is 6.36. The van der Waals surface area contributed by atoms with Gasteiger partial charge >= 0.3 is 6.18 Å². The lowest BCUT2D eigenvalue weighted by atomic mass is 10.00. The van der Waals surface area contributed by atoms with Gasteiger partial charge in [0.15, 0.2) is 0 Å². The molecule has 10 heteroatoms. The first-order valence-corrected chi connectivity index (χ1v) is 10.7. The molecule has 0 saturated carbocycles. The smallest absolute Gasteiger partial charge is 0.378 e. The van der Waals surface area contributed by atoms with Crippen molar-refractivity contribution in [3.8, 4) is 11.1 Å². The number of carbonyl (C=O) groups excluding carboxylic acids is 1. The van der Waals surface area contributed by atoms with Crippen molar-refractivity contribution >= 4 is 17.5 Å². The molecule has 3 aromatic rings. The van der Waals surface area contributed by atoms with Crippen LogP contribution in [-0.4, -0.2) is 46.7 Å². The molecule has 1 fully saturated rings. The zero-order chi connectivity index (χ0) is 23.8. The molecule has 4 rings (SSSR count). The van der Waals surface area contributed by atoms with E-state index in [1.807, 2.05) is 0 Å². The maximum absolute atomic E-state index is 14.3. The summed E-state index contributed by atoms with van der Waals surface area (Å²) in [6.45, 7) is 2.18. The maximum Gasteiger partial charge on any atom is 0.431 e. The van der Waals surface area contributed by atoms with Crippen molar-refractivity contribution in [2.24, 2.45) is 0 Å². The van der Waals surface area contributed by atoms with Gasteiger partial charge in [0.25, 0.3) is 5.91 Å². The molecule has 2 aromatic heterocycles. The Labute approximate surface area is 192 Å². The summed E-state index contributed by atoms with van der Waals surface area (Å²) in [6.07, 6.45) is -4.73. The minimum absolute atomic E-state index is 0.0697. The normalized spacial score (nSPS) is 14.5. The van der Waals surface area contributed by atoms with Gasteiger partial charge in [-0.3, -0.25) is 9.59 Å². The number of rotatable bonds is 4. The largest absolute Gasteiger partial charge is 0.431 e. The molecule has 1 aliphatic heterocycles. The zero-order valence-electron chi connectivity index (χ0n) is 17.7. The highest BCUT2D eigenvalue weighted by atomic mass is 35.5. The standard InChI is InChI=1S/C23H21ClF3N3O3/c1-14-19(15-5-7-16(24)8-6-15)20(22(32)29-9-11-33-12-10-29)30(21(14)23(25,26)27)13-17-3-2-4-18(31)28-17/h2-8H,9-13H2,1H3,(H,28,31). The van der Waals surface area contributed by atoms with Gasteiger partial charge in [-0.2, -0.15) is 13.2 Å². The molecular weight excluding hydrogens is 459 g/mol. The first-order valence-electron chi connectivity index (χ1n) is 10.3. The average molecular weight is 480 g/mol. The topological polar surface area (TPSA) is 67.3 Å². The molecular formula is C23H21ClF3N3O3. The number of hydrogen-bond donors (Lipinski definition) is 1. The number of amides is 1. The summed E-state index contributed by atoms with van der Waals surface area (Å²) in [5, 5.41) is 0.426. The third-order valence-electron chi connectivity index (χ3n) is 5.57. The van der Waals surface area contributed by atoms with Crippen LogP contribution in [0.5, 0.6) is 0 Å². The second-order valence-electron chi connectivity index (χ2n) is 7.73. The van der Waals surface area contributed by atoms with E-state index in [0.717, 1.165) is 4.57 Å². The fourth-order valence-electron chi connectivity index (χ4n) is 4.13. The van der Waals surface area contributed by atoms with E-state index in [-0.39, 0.29) is 42.1 Å². The fraction of sp³-hybridized carbons (Fsp3) is 0.304. The molecule has 1 saturated heterocycles. The Morgan fingerprint density at radius 1 is 1.12 bits per heavy atom. The number of pyridine rings is 1. The highest BCUT2D eigenvalue weighted by Crippen LogP contribution is 2.42. The molecule has 1 aromatic carbocycles. The minimum atomic E-state index is -4.73. The number of halogens is 4. The second-order valence-corrected chi connectivity index (χ2v) is 8.17. The van der Waals surface area contributed by atoms with E-state index in [9.17, 15) is 22.8 Å². The molecule has 0 bridgehead atoms. The predicted molar refractivity (Wildman–Crippen MR) is 118 cm³/mol. The lowest BCUT2D eigenvalue weighted by Crippen LogP contribution is -2.42. The van der Waals surface area contributed by atoms with Crippen LogP contribution in [0.1, 0.15) is 27.4 Å². The number of morpholine rings is 1. The third-order valence-corrected chi connectivity index (χ3v) is 5.82. The van der Waals surface area contributed by atoms with Crippen molar-refractivity contribution in [2.45, 2.75) is 19.6 Å². The van der Waals surface area contributed by atoms with Crippen LogP contribution in [0.3, 0.4) is 0 Å². The molecule has 3 heterocycles. The van der Waals surface area contributed by atoms with Crippen LogP contribution in [0.2, 0.25) is 5.02 Å². The number of H-pyrrole nitrogens is 1. The quantitative estimate of drug-likeness (QED) is 0.605. The molecule has 1 aliphatic rings. The number of carbonyl (C=O) groups is 1. The van der Waals surface area contributed by atoms with Crippen LogP contribution < -0.4 is 5.56 Å². The summed E-state index contributed by atoms with van der Waals surface area (Å²) in [5.74, 6) is -0.528. The Morgan fingerprint density at radius 2 is 1.79 bits per heavy atom. The van der Waals surface area contributed by atoms with Gasteiger partial charge < -0.3 is 19.2 Å². The van der Waals surface area contributed by atoms with Crippen LogP contribution >= 0.6 is 11.6 Å². The van der Waals surface area contributed by atoms with Crippen molar-refractivity contribution in [2.75, 3.05) is 26.3 Å². The highest BCUT2D eigenvalue weighted by molar-refractivity contribution is 6.30. The maximum atomic E-state index is 14.3. The number of benzene rings is 1. The molecule has 1 N–H and O–H groups in total.